The maximum absolute atomic E-state index is 14.0. The number of nitrogens with zero attached hydrogens (tertiary/aromatic N) is 1. The van der Waals surface area contributed by atoms with Crippen molar-refractivity contribution in [1.29, 1.82) is 0 Å². The largest absolute Gasteiger partial charge is 0.466 e. The maximum atomic E-state index is 14.0. The van der Waals surface area contributed by atoms with E-state index in [0.717, 1.165) is 4.90 Å². The number of esters is 2. The molecule has 0 unspecified atom stereocenters. The van der Waals surface area contributed by atoms with Gasteiger partial charge in [-0.15, -0.1) is 11.8 Å². The summed E-state index contributed by atoms with van der Waals surface area (Å²) in [7, 11) is 2.48. The van der Waals surface area contributed by atoms with Crippen LogP contribution in [0.25, 0.3) is 0 Å². The minimum atomic E-state index is -0.664. The number of carbonyl (C=O) groups is 2. The van der Waals surface area contributed by atoms with Crippen LogP contribution in [0, 0.1) is 5.82 Å². The number of ether oxygens (including phenoxy) is 3. The summed E-state index contributed by atoms with van der Waals surface area (Å²) in [5.74, 6) is -1.20. The Morgan fingerprint density at radius 1 is 1.07 bits per heavy atom. The highest BCUT2D eigenvalue weighted by Gasteiger charge is 2.33. The summed E-state index contributed by atoms with van der Waals surface area (Å²) in [4.78, 5) is 27.0. The summed E-state index contributed by atoms with van der Waals surface area (Å²) >= 11 is 1.42. The van der Waals surface area contributed by atoms with Crippen molar-refractivity contribution < 1.29 is 28.2 Å². The topological polar surface area (TPSA) is 65.1 Å². The van der Waals surface area contributed by atoms with Crippen LogP contribution in [0.5, 0.6) is 0 Å². The lowest BCUT2D eigenvalue weighted by atomic mass is 10.1. The smallest absolute Gasteiger partial charge is 0.355 e. The second kappa shape index (κ2) is 9.58. The number of para-hydroxylation sites is 1. The Balaban J connectivity index is 1.97. The molecule has 1 aliphatic heterocycles. The number of anilines is 1. The Bertz CT molecular complexity index is 946. The van der Waals surface area contributed by atoms with E-state index in [1.165, 1.54) is 32.0 Å². The van der Waals surface area contributed by atoms with E-state index >= 15 is 0 Å². The standard InChI is InChI=1S/C21H20FNO5S/c1-26-20(24)15-11-28-13-23(19(15)21(25)27-2)17-9-5-6-10-18(17)29-12-14-7-3-4-8-16(14)22/h3-10H,11-13H2,1-2H3. The first-order valence-corrected chi connectivity index (χ1v) is 9.75. The highest BCUT2D eigenvalue weighted by Crippen LogP contribution is 2.36. The molecule has 0 spiro atoms. The fraction of sp³-hybridized carbons (Fsp3) is 0.238. The van der Waals surface area contributed by atoms with Gasteiger partial charge in [-0.2, -0.15) is 0 Å². The van der Waals surface area contributed by atoms with Gasteiger partial charge >= 0.3 is 11.9 Å². The van der Waals surface area contributed by atoms with E-state index in [4.69, 9.17) is 14.2 Å². The molecule has 3 rings (SSSR count). The van der Waals surface area contributed by atoms with E-state index in [0.29, 0.717) is 17.0 Å². The first-order chi connectivity index (χ1) is 14.1. The van der Waals surface area contributed by atoms with Crippen molar-refractivity contribution in [2.45, 2.75) is 10.6 Å². The molecule has 0 radical (unpaired) electrons. The second-order valence-electron chi connectivity index (χ2n) is 6.06. The zero-order valence-corrected chi connectivity index (χ0v) is 16.8. The summed E-state index contributed by atoms with van der Waals surface area (Å²) in [5, 5.41) is 0. The van der Waals surface area contributed by atoms with Crippen LogP contribution in [0.3, 0.4) is 0 Å². The van der Waals surface area contributed by atoms with Gasteiger partial charge in [0.1, 0.15) is 18.2 Å². The molecular weight excluding hydrogens is 397 g/mol. The molecule has 0 saturated heterocycles. The van der Waals surface area contributed by atoms with Gasteiger partial charge in [-0.1, -0.05) is 30.3 Å². The molecule has 0 aromatic heterocycles. The van der Waals surface area contributed by atoms with Gasteiger partial charge in [0, 0.05) is 10.6 Å². The minimum absolute atomic E-state index is 0.0574. The van der Waals surface area contributed by atoms with Crippen molar-refractivity contribution in [1.82, 2.24) is 0 Å². The van der Waals surface area contributed by atoms with Gasteiger partial charge in [0.2, 0.25) is 0 Å². The quantitative estimate of drug-likeness (QED) is 0.526. The molecule has 0 saturated carbocycles. The summed E-state index contributed by atoms with van der Waals surface area (Å²) in [6, 6.07) is 13.9. The lowest BCUT2D eigenvalue weighted by Gasteiger charge is -2.32. The molecule has 2 aromatic rings. The van der Waals surface area contributed by atoms with Crippen molar-refractivity contribution >= 4 is 29.4 Å². The van der Waals surface area contributed by atoms with Crippen LogP contribution in [0.1, 0.15) is 5.56 Å². The van der Waals surface area contributed by atoms with Gasteiger partial charge in [0.25, 0.3) is 0 Å². The molecule has 152 valence electrons. The molecule has 1 aliphatic rings. The molecule has 0 fully saturated rings. The maximum Gasteiger partial charge on any atom is 0.355 e. The zero-order chi connectivity index (χ0) is 20.8. The molecule has 0 N–H and O–H groups in total. The fourth-order valence-corrected chi connectivity index (χ4v) is 3.95. The van der Waals surface area contributed by atoms with E-state index < -0.39 is 11.9 Å². The van der Waals surface area contributed by atoms with E-state index in [9.17, 15) is 14.0 Å². The molecule has 0 amide bonds. The highest BCUT2D eigenvalue weighted by atomic mass is 32.2. The van der Waals surface area contributed by atoms with Crippen molar-refractivity contribution in [2.75, 3.05) is 32.5 Å². The monoisotopic (exact) mass is 417 g/mol. The van der Waals surface area contributed by atoms with Crippen molar-refractivity contribution in [3.8, 4) is 0 Å². The Morgan fingerprint density at radius 2 is 1.76 bits per heavy atom. The molecule has 2 aromatic carbocycles. The first kappa shape index (κ1) is 20.9. The van der Waals surface area contributed by atoms with Crippen LogP contribution in [0.15, 0.2) is 64.7 Å². The van der Waals surface area contributed by atoms with Crippen molar-refractivity contribution in [3.05, 3.63) is 71.2 Å². The van der Waals surface area contributed by atoms with E-state index in [-0.39, 0.29) is 30.4 Å². The number of thioether (sulfide) groups is 1. The van der Waals surface area contributed by atoms with Crippen LogP contribution < -0.4 is 4.90 Å². The molecule has 29 heavy (non-hydrogen) atoms. The number of halogens is 1. The van der Waals surface area contributed by atoms with Gasteiger partial charge in [0.05, 0.1) is 32.1 Å². The molecule has 0 aliphatic carbocycles. The normalized spacial score (nSPS) is 14.0. The van der Waals surface area contributed by atoms with Gasteiger partial charge in [-0.25, -0.2) is 14.0 Å². The van der Waals surface area contributed by atoms with Gasteiger partial charge in [-0.05, 0) is 23.8 Å². The summed E-state index contributed by atoms with van der Waals surface area (Å²) in [5.41, 5.74) is 1.38. The highest BCUT2D eigenvalue weighted by molar-refractivity contribution is 7.98. The zero-order valence-electron chi connectivity index (χ0n) is 16.0. The summed E-state index contributed by atoms with van der Waals surface area (Å²) in [6.07, 6.45) is 0. The third-order valence-corrected chi connectivity index (χ3v) is 5.44. The molecular formula is C21H20FNO5S. The van der Waals surface area contributed by atoms with Crippen molar-refractivity contribution in [2.24, 2.45) is 0 Å². The fourth-order valence-electron chi connectivity index (χ4n) is 2.91. The average molecular weight is 417 g/mol. The summed E-state index contributed by atoms with van der Waals surface area (Å²) in [6.45, 7) is 0.000339. The Kier molecular flexibility index (Phi) is 6.90. The Hall–Kier alpha value is -2.84. The second-order valence-corrected chi connectivity index (χ2v) is 7.08. The molecule has 6 nitrogen and oxygen atoms in total. The van der Waals surface area contributed by atoms with Crippen LogP contribution in [-0.2, 0) is 29.6 Å². The van der Waals surface area contributed by atoms with Gasteiger partial charge in [0.15, 0.2) is 0 Å². The lowest BCUT2D eigenvalue weighted by molar-refractivity contribution is -0.140. The number of carbonyl (C=O) groups excluding carboxylic acids is 2. The average Bonchev–Trinajstić information content (AvgIpc) is 2.77. The van der Waals surface area contributed by atoms with E-state index in [1.807, 2.05) is 18.2 Å². The molecule has 1 heterocycles. The number of hydrogen-bond donors (Lipinski definition) is 0. The number of hydrogen-bond acceptors (Lipinski definition) is 7. The van der Waals surface area contributed by atoms with Crippen LogP contribution in [0.4, 0.5) is 10.1 Å². The number of rotatable bonds is 6. The predicted molar refractivity (Wildman–Crippen MR) is 107 cm³/mol. The Labute approximate surface area is 172 Å². The lowest BCUT2D eigenvalue weighted by Crippen LogP contribution is -2.39. The van der Waals surface area contributed by atoms with Crippen molar-refractivity contribution in [3.63, 3.8) is 0 Å². The van der Waals surface area contributed by atoms with Gasteiger partial charge < -0.3 is 19.1 Å². The number of benzene rings is 2. The Morgan fingerprint density at radius 3 is 2.48 bits per heavy atom. The van der Waals surface area contributed by atoms with Crippen LogP contribution >= 0.6 is 11.8 Å². The summed E-state index contributed by atoms with van der Waals surface area (Å²) < 4.78 is 29.2. The van der Waals surface area contributed by atoms with Gasteiger partial charge in [-0.3, -0.25) is 0 Å². The van der Waals surface area contributed by atoms with Crippen LogP contribution in [-0.4, -0.2) is 39.5 Å². The van der Waals surface area contributed by atoms with E-state index in [2.05, 4.69) is 0 Å². The van der Waals surface area contributed by atoms with Crippen LogP contribution in [0.2, 0.25) is 0 Å². The third kappa shape index (κ3) is 4.60. The minimum Gasteiger partial charge on any atom is -0.466 e. The number of methoxy groups -OCH3 is 2. The molecule has 0 bridgehead atoms. The first-order valence-electron chi connectivity index (χ1n) is 8.77. The third-order valence-electron chi connectivity index (χ3n) is 4.33. The molecule has 0 atom stereocenters. The SMILES string of the molecule is COC(=O)C1=C(C(=O)OC)N(c2ccccc2SCc2ccccc2F)COC1. The molecule has 8 heteroatoms. The predicted octanol–water partition coefficient (Wildman–Crippen LogP) is 3.51. The van der Waals surface area contributed by atoms with E-state index in [1.54, 1.807) is 29.2 Å².